The molecule has 0 saturated heterocycles. The van der Waals surface area contributed by atoms with Crippen LogP contribution in [0.3, 0.4) is 0 Å². The van der Waals surface area contributed by atoms with E-state index in [0.717, 1.165) is 11.4 Å². The number of hydrogen-bond acceptors (Lipinski definition) is 2. The van der Waals surface area contributed by atoms with Crippen molar-refractivity contribution in [3.8, 4) is 0 Å². The summed E-state index contributed by atoms with van der Waals surface area (Å²) in [5, 5.41) is 11.0. The summed E-state index contributed by atoms with van der Waals surface area (Å²) in [6.07, 6.45) is 12.3. The van der Waals surface area contributed by atoms with Gasteiger partial charge in [0.1, 0.15) is 0 Å². The van der Waals surface area contributed by atoms with Crippen molar-refractivity contribution in [2.45, 2.75) is 64.2 Å². The van der Waals surface area contributed by atoms with E-state index in [0.29, 0.717) is 5.92 Å². The Labute approximate surface area is 133 Å². The van der Waals surface area contributed by atoms with Crippen molar-refractivity contribution in [3.05, 3.63) is 41.7 Å². The molecule has 0 radical (unpaired) electrons. The first-order chi connectivity index (χ1) is 10.9. The molecular formula is C19H27N3. The molecule has 3 rings (SSSR count). The Kier molecular flexibility index (Phi) is 5.15. The first-order valence-corrected chi connectivity index (χ1v) is 8.76. The normalized spacial score (nSPS) is 15.9. The third-order valence-electron chi connectivity index (χ3n) is 4.73. The number of aromatic nitrogens is 2. The third kappa shape index (κ3) is 3.70. The molecule has 0 unspecified atom stereocenters. The van der Waals surface area contributed by atoms with Crippen LogP contribution < -0.4 is 5.32 Å². The molecule has 3 nitrogen and oxygen atoms in total. The van der Waals surface area contributed by atoms with Crippen molar-refractivity contribution >= 4 is 11.4 Å². The molecule has 0 aliphatic heterocycles. The minimum absolute atomic E-state index is 0.641. The number of hydrogen-bond donors (Lipinski definition) is 2. The van der Waals surface area contributed by atoms with Gasteiger partial charge in [-0.1, -0.05) is 44.7 Å². The van der Waals surface area contributed by atoms with E-state index in [4.69, 9.17) is 0 Å². The van der Waals surface area contributed by atoms with Gasteiger partial charge in [-0.2, -0.15) is 5.10 Å². The average Bonchev–Trinajstić information content (AvgIpc) is 3.03. The molecule has 0 atom stereocenters. The fraction of sp³-hybridized carbons (Fsp3) is 0.526. The van der Waals surface area contributed by atoms with Crippen molar-refractivity contribution in [1.82, 2.24) is 10.2 Å². The Morgan fingerprint density at radius 2 is 1.91 bits per heavy atom. The smallest absolute Gasteiger partial charge is 0.0803 e. The van der Waals surface area contributed by atoms with E-state index in [1.54, 1.807) is 0 Å². The zero-order valence-electron chi connectivity index (χ0n) is 13.6. The topological polar surface area (TPSA) is 40.7 Å². The van der Waals surface area contributed by atoms with Crippen LogP contribution in [0, 0.1) is 0 Å². The van der Waals surface area contributed by atoms with Gasteiger partial charge in [0, 0.05) is 11.6 Å². The second-order valence-corrected chi connectivity index (χ2v) is 6.46. The molecule has 118 valence electrons. The summed E-state index contributed by atoms with van der Waals surface area (Å²) in [4.78, 5) is 0. The van der Waals surface area contributed by atoms with Crippen molar-refractivity contribution in [1.29, 1.82) is 0 Å². The number of rotatable bonds is 6. The molecule has 0 bridgehead atoms. The zero-order chi connectivity index (χ0) is 15.2. The average molecular weight is 297 g/mol. The molecule has 2 N–H and O–H groups in total. The van der Waals surface area contributed by atoms with Gasteiger partial charge in [-0.05, 0) is 43.4 Å². The van der Waals surface area contributed by atoms with Crippen LogP contribution >= 0.6 is 0 Å². The number of benzene rings is 1. The highest BCUT2D eigenvalue weighted by atomic mass is 15.1. The molecule has 2 aromatic rings. The maximum Gasteiger partial charge on any atom is 0.0803 e. The third-order valence-corrected chi connectivity index (χ3v) is 4.73. The first kappa shape index (κ1) is 15.1. The first-order valence-electron chi connectivity index (χ1n) is 8.76. The Bertz CT molecular complexity index is 565. The van der Waals surface area contributed by atoms with Crippen LogP contribution in [0.5, 0.6) is 0 Å². The fourth-order valence-electron chi connectivity index (χ4n) is 3.39. The van der Waals surface area contributed by atoms with Gasteiger partial charge in [-0.15, -0.1) is 0 Å². The second-order valence-electron chi connectivity index (χ2n) is 6.46. The Morgan fingerprint density at radius 1 is 1.14 bits per heavy atom. The molecule has 0 amide bonds. The highest BCUT2D eigenvalue weighted by Crippen LogP contribution is 2.35. The van der Waals surface area contributed by atoms with Crippen LogP contribution in [0.25, 0.3) is 0 Å². The molecule has 1 aliphatic carbocycles. The Balaban J connectivity index is 1.66. The van der Waals surface area contributed by atoms with Crippen LogP contribution in [0.1, 0.15) is 69.0 Å². The van der Waals surface area contributed by atoms with Gasteiger partial charge in [0.05, 0.1) is 17.6 Å². The summed E-state index contributed by atoms with van der Waals surface area (Å²) in [5.74, 6) is 0.641. The van der Waals surface area contributed by atoms with Crippen LogP contribution in [-0.2, 0) is 6.42 Å². The SMILES string of the molecule is CCCCc1ccc(Nc2cn[nH]c2C2CCCCC2)cc1. The van der Waals surface area contributed by atoms with Crippen molar-refractivity contribution in [2.24, 2.45) is 0 Å². The maximum absolute atomic E-state index is 4.26. The molecule has 1 aromatic carbocycles. The highest BCUT2D eigenvalue weighted by molar-refractivity contribution is 5.62. The molecule has 1 saturated carbocycles. The number of anilines is 2. The molecule has 0 spiro atoms. The van der Waals surface area contributed by atoms with Gasteiger partial charge in [0.2, 0.25) is 0 Å². The van der Waals surface area contributed by atoms with E-state index >= 15 is 0 Å². The molecule has 1 aromatic heterocycles. The summed E-state index contributed by atoms with van der Waals surface area (Å²) in [5.41, 5.74) is 5.01. The minimum atomic E-state index is 0.641. The molecule has 1 aliphatic rings. The lowest BCUT2D eigenvalue weighted by atomic mass is 9.86. The maximum atomic E-state index is 4.26. The van der Waals surface area contributed by atoms with Crippen molar-refractivity contribution < 1.29 is 0 Å². The highest BCUT2D eigenvalue weighted by Gasteiger charge is 2.20. The van der Waals surface area contributed by atoms with Crippen LogP contribution in [0.15, 0.2) is 30.5 Å². The summed E-state index contributed by atoms with van der Waals surface area (Å²) in [6.45, 7) is 2.24. The van der Waals surface area contributed by atoms with Gasteiger partial charge >= 0.3 is 0 Å². The van der Waals surface area contributed by atoms with E-state index in [-0.39, 0.29) is 0 Å². The van der Waals surface area contributed by atoms with E-state index in [1.165, 1.54) is 62.6 Å². The van der Waals surface area contributed by atoms with Gasteiger partial charge in [-0.25, -0.2) is 0 Å². The van der Waals surface area contributed by atoms with Crippen molar-refractivity contribution in [3.63, 3.8) is 0 Å². The van der Waals surface area contributed by atoms with Crippen LogP contribution in [0.2, 0.25) is 0 Å². The summed E-state index contributed by atoms with van der Waals surface area (Å²) < 4.78 is 0. The zero-order valence-corrected chi connectivity index (χ0v) is 13.6. The van der Waals surface area contributed by atoms with Crippen molar-refractivity contribution in [2.75, 3.05) is 5.32 Å². The van der Waals surface area contributed by atoms with E-state index in [1.807, 2.05) is 6.20 Å². The van der Waals surface area contributed by atoms with Gasteiger partial charge < -0.3 is 5.32 Å². The Hall–Kier alpha value is -1.77. The number of nitrogens with zero attached hydrogens (tertiary/aromatic N) is 1. The van der Waals surface area contributed by atoms with Gasteiger partial charge in [-0.3, -0.25) is 5.10 Å². The molecule has 3 heteroatoms. The molecule has 1 fully saturated rings. The fourth-order valence-corrected chi connectivity index (χ4v) is 3.39. The molecule has 1 heterocycles. The van der Waals surface area contributed by atoms with Crippen LogP contribution in [-0.4, -0.2) is 10.2 Å². The predicted molar refractivity (Wildman–Crippen MR) is 92.8 cm³/mol. The standard InChI is InChI=1S/C19H27N3/c1-2-3-7-15-10-12-17(13-11-15)21-18-14-20-22-19(18)16-8-5-4-6-9-16/h10-14,16,21H,2-9H2,1H3,(H,20,22). The van der Waals surface area contributed by atoms with Crippen LogP contribution in [0.4, 0.5) is 11.4 Å². The van der Waals surface area contributed by atoms with E-state index in [9.17, 15) is 0 Å². The largest absolute Gasteiger partial charge is 0.353 e. The van der Waals surface area contributed by atoms with Gasteiger partial charge in [0.25, 0.3) is 0 Å². The van der Waals surface area contributed by atoms with E-state index < -0.39 is 0 Å². The molecule has 22 heavy (non-hydrogen) atoms. The molecular weight excluding hydrogens is 270 g/mol. The number of nitrogens with one attached hydrogen (secondary N) is 2. The minimum Gasteiger partial charge on any atom is -0.353 e. The lowest BCUT2D eigenvalue weighted by Crippen LogP contribution is -2.07. The Morgan fingerprint density at radius 3 is 2.64 bits per heavy atom. The summed E-state index contributed by atoms with van der Waals surface area (Å²) >= 11 is 0. The van der Waals surface area contributed by atoms with E-state index in [2.05, 4.69) is 46.7 Å². The number of unbranched alkanes of at least 4 members (excludes halogenated alkanes) is 1. The van der Waals surface area contributed by atoms with Gasteiger partial charge in [0.15, 0.2) is 0 Å². The quantitative estimate of drug-likeness (QED) is 0.734. The lowest BCUT2D eigenvalue weighted by Gasteiger charge is -2.21. The number of aryl methyl sites for hydroxylation is 1. The monoisotopic (exact) mass is 297 g/mol. The second kappa shape index (κ2) is 7.48. The number of aromatic amines is 1. The lowest BCUT2D eigenvalue weighted by molar-refractivity contribution is 0.437. The number of H-pyrrole nitrogens is 1. The summed E-state index contributed by atoms with van der Waals surface area (Å²) in [7, 11) is 0. The summed E-state index contributed by atoms with van der Waals surface area (Å²) in [6, 6.07) is 8.84. The predicted octanol–water partition coefficient (Wildman–Crippen LogP) is 5.54.